The number of pyridine rings is 2. The third-order valence-corrected chi connectivity index (χ3v) is 2.29. The summed E-state index contributed by atoms with van der Waals surface area (Å²) in [7, 11) is 4.05. The van der Waals surface area contributed by atoms with Crippen molar-refractivity contribution in [1.29, 1.82) is 0 Å². The maximum Gasteiger partial charge on any atom is 0.169 e. The van der Waals surface area contributed by atoms with Gasteiger partial charge in [0.2, 0.25) is 0 Å². The first-order valence-corrected chi connectivity index (χ1v) is 4.67. The SMILES string of the molecule is C.C[n+]1ccc(-c2cc[n+](C)cc2)cc1.[Y]. The van der Waals surface area contributed by atoms with Gasteiger partial charge < -0.3 is 0 Å². The van der Waals surface area contributed by atoms with E-state index in [1.165, 1.54) is 11.1 Å². The van der Waals surface area contributed by atoms with Crippen molar-refractivity contribution in [3.8, 4) is 11.1 Å². The van der Waals surface area contributed by atoms with E-state index in [1.807, 2.05) is 23.2 Å². The Labute approximate surface area is 123 Å². The summed E-state index contributed by atoms with van der Waals surface area (Å²) in [6.07, 6.45) is 8.23. The minimum Gasteiger partial charge on any atom is -0.208 e. The van der Waals surface area contributed by atoms with E-state index >= 15 is 0 Å². The van der Waals surface area contributed by atoms with Crippen molar-refractivity contribution in [1.82, 2.24) is 0 Å². The molecule has 0 N–H and O–H groups in total. The molecule has 3 heteroatoms. The Hall–Kier alpha value is -0.596. The van der Waals surface area contributed by atoms with Gasteiger partial charge in [0.15, 0.2) is 24.8 Å². The maximum atomic E-state index is 2.12. The fourth-order valence-corrected chi connectivity index (χ4v) is 1.39. The predicted octanol–water partition coefficient (Wildman–Crippen LogP) is 1.64. The van der Waals surface area contributed by atoms with Gasteiger partial charge in [-0.05, 0) is 11.1 Å². The molecule has 0 saturated carbocycles. The van der Waals surface area contributed by atoms with Crippen molar-refractivity contribution in [3.05, 3.63) is 49.1 Å². The minimum atomic E-state index is 0. The summed E-state index contributed by atoms with van der Waals surface area (Å²) < 4.78 is 4.07. The zero-order chi connectivity index (χ0) is 9.97. The molecule has 0 fully saturated rings. The molecule has 2 rings (SSSR count). The zero-order valence-electron chi connectivity index (χ0n) is 9.09. The molecule has 2 aromatic heterocycles. The van der Waals surface area contributed by atoms with E-state index < -0.39 is 0 Å². The Kier molecular flexibility index (Phi) is 6.62. The van der Waals surface area contributed by atoms with Gasteiger partial charge in [-0.15, -0.1) is 0 Å². The van der Waals surface area contributed by atoms with Crippen LogP contribution in [-0.2, 0) is 46.8 Å². The molecular formula is C13H18N2Y+2. The fraction of sp³-hybridized carbons (Fsp3) is 0.231. The smallest absolute Gasteiger partial charge is 0.169 e. The normalized spacial score (nSPS) is 8.88. The Morgan fingerprint density at radius 1 is 0.688 bits per heavy atom. The molecule has 0 aliphatic heterocycles. The van der Waals surface area contributed by atoms with E-state index in [-0.39, 0.29) is 40.1 Å². The van der Waals surface area contributed by atoms with Crippen LogP contribution in [0.2, 0.25) is 0 Å². The first-order chi connectivity index (χ1) is 6.75. The van der Waals surface area contributed by atoms with Crippen LogP contribution < -0.4 is 9.13 Å². The Bertz CT molecular complexity index is 377. The Balaban J connectivity index is 0.00000112. The molecule has 16 heavy (non-hydrogen) atoms. The molecule has 0 amide bonds. The van der Waals surface area contributed by atoms with Crippen LogP contribution in [0.15, 0.2) is 49.1 Å². The number of hydrogen-bond acceptors (Lipinski definition) is 0. The number of aryl methyl sites for hydroxylation is 2. The summed E-state index contributed by atoms with van der Waals surface area (Å²) in [6.45, 7) is 0. The first kappa shape index (κ1) is 15.4. The summed E-state index contributed by atoms with van der Waals surface area (Å²) in [6, 6.07) is 8.48. The fourth-order valence-electron chi connectivity index (χ4n) is 1.39. The van der Waals surface area contributed by atoms with Crippen molar-refractivity contribution in [2.45, 2.75) is 7.43 Å². The van der Waals surface area contributed by atoms with Crippen LogP contribution in [0.25, 0.3) is 11.1 Å². The van der Waals surface area contributed by atoms with Gasteiger partial charge in [-0.1, -0.05) is 7.43 Å². The molecule has 1 radical (unpaired) electrons. The number of hydrogen-bond donors (Lipinski definition) is 0. The topological polar surface area (TPSA) is 7.76 Å². The quantitative estimate of drug-likeness (QED) is 0.706. The molecule has 0 aromatic carbocycles. The molecule has 2 nitrogen and oxygen atoms in total. The van der Waals surface area contributed by atoms with Gasteiger partial charge in [0.05, 0.1) is 0 Å². The van der Waals surface area contributed by atoms with E-state index in [2.05, 4.69) is 49.1 Å². The second kappa shape index (κ2) is 6.87. The molecule has 2 aromatic rings. The number of aromatic nitrogens is 2. The van der Waals surface area contributed by atoms with Crippen molar-refractivity contribution in [3.63, 3.8) is 0 Å². The van der Waals surface area contributed by atoms with E-state index in [9.17, 15) is 0 Å². The van der Waals surface area contributed by atoms with Gasteiger partial charge in [-0.2, -0.15) is 0 Å². The largest absolute Gasteiger partial charge is 0.208 e. The predicted molar refractivity (Wildman–Crippen MR) is 61.0 cm³/mol. The number of nitrogens with zero attached hydrogens (tertiary/aromatic N) is 2. The van der Waals surface area contributed by atoms with E-state index in [0.717, 1.165) is 0 Å². The molecule has 0 saturated heterocycles. The second-order valence-electron chi connectivity index (χ2n) is 3.50. The van der Waals surface area contributed by atoms with Crippen molar-refractivity contribution in [2.75, 3.05) is 0 Å². The summed E-state index contributed by atoms with van der Waals surface area (Å²) in [5, 5.41) is 0. The standard InChI is InChI=1S/C12H14N2.CH4.Y/c1-13-7-3-11(4-8-13)12-5-9-14(2)10-6-12;;/h3-10H,1-2H3;1H4;/q+2;;. The van der Waals surface area contributed by atoms with Gasteiger partial charge in [0, 0.05) is 57.0 Å². The van der Waals surface area contributed by atoms with Crippen LogP contribution in [0.1, 0.15) is 7.43 Å². The van der Waals surface area contributed by atoms with Crippen molar-refractivity contribution >= 4 is 0 Å². The summed E-state index contributed by atoms with van der Waals surface area (Å²) in [5.74, 6) is 0. The van der Waals surface area contributed by atoms with Crippen LogP contribution in [0.5, 0.6) is 0 Å². The van der Waals surface area contributed by atoms with Gasteiger partial charge in [0.1, 0.15) is 14.1 Å². The summed E-state index contributed by atoms with van der Waals surface area (Å²) >= 11 is 0. The van der Waals surface area contributed by atoms with Crippen LogP contribution in [0, 0.1) is 0 Å². The first-order valence-electron chi connectivity index (χ1n) is 4.67. The third kappa shape index (κ3) is 3.77. The van der Waals surface area contributed by atoms with Gasteiger partial charge in [-0.3, -0.25) is 0 Å². The molecular weight excluding hydrogens is 273 g/mol. The summed E-state index contributed by atoms with van der Waals surface area (Å²) in [5.41, 5.74) is 2.51. The molecule has 0 unspecified atom stereocenters. The summed E-state index contributed by atoms with van der Waals surface area (Å²) in [4.78, 5) is 0. The van der Waals surface area contributed by atoms with E-state index in [1.54, 1.807) is 0 Å². The van der Waals surface area contributed by atoms with Crippen molar-refractivity contribution < 1.29 is 41.8 Å². The Morgan fingerprint density at radius 2 is 0.938 bits per heavy atom. The van der Waals surface area contributed by atoms with Gasteiger partial charge in [-0.25, -0.2) is 9.13 Å². The van der Waals surface area contributed by atoms with E-state index in [4.69, 9.17) is 0 Å². The average molecular weight is 291 g/mol. The second-order valence-corrected chi connectivity index (χ2v) is 3.50. The molecule has 2 heterocycles. The van der Waals surface area contributed by atoms with Crippen LogP contribution in [0.3, 0.4) is 0 Å². The third-order valence-electron chi connectivity index (χ3n) is 2.29. The molecule has 0 spiro atoms. The monoisotopic (exact) mass is 291 g/mol. The van der Waals surface area contributed by atoms with Gasteiger partial charge >= 0.3 is 0 Å². The van der Waals surface area contributed by atoms with Crippen LogP contribution in [-0.4, -0.2) is 0 Å². The molecule has 81 valence electrons. The number of rotatable bonds is 1. The molecule has 0 atom stereocenters. The molecule has 0 aliphatic rings. The average Bonchev–Trinajstić information content (AvgIpc) is 2.21. The minimum absolute atomic E-state index is 0. The molecule has 0 bridgehead atoms. The van der Waals surface area contributed by atoms with Crippen molar-refractivity contribution in [2.24, 2.45) is 14.1 Å². The van der Waals surface area contributed by atoms with Crippen LogP contribution >= 0.6 is 0 Å². The maximum absolute atomic E-state index is 2.12. The van der Waals surface area contributed by atoms with Gasteiger partial charge in [0.25, 0.3) is 0 Å². The molecule has 0 aliphatic carbocycles. The Morgan fingerprint density at radius 3 is 1.19 bits per heavy atom. The zero-order valence-corrected chi connectivity index (χ0v) is 11.9. The van der Waals surface area contributed by atoms with Crippen LogP contribution in [0.4, 0.5) is 0 Å². The van der Waals surface area contributed by atoms with E-state index in [0.29, 0.717) is 0 Å².